The van der Waals surface area contributed by atoms with E-state index in [1.165, 1.54) is 88.8 Å². The van der Waals surface area contributed by atoms with E-state index in [0.717, 1.165) is 45.5 Å². The van der Waals surface area contributed by atoms with Gasteiger partial charge in [0.1, 0.15) is 0 Å². The van der Waals surface area contributed by atoms with Gasteiger partial charge in [0.15, 0.2) is 0 Å². The number of rotatable bonds is 10. The van der Waals surface area contributed by atoms with E-state index in [1.807, 2.05) is 0 Å². The number of hydrogen-bond donors (Lipinski definition) is 0. The average Bonchev–Trinajstić information content (AvgIpc) is 4.26. The first kappa shape index (κ1) is 47.3. The predicted molar refractivity (Wildman–Crippen MR) is 335 cm³/mol. The molecule has 0 unspecified atom stereocenters. The van der Waals surface area contributed by atoms with Crippen LogP contribution in [0.3, 0.4) is 0 Å². The second kappa shape index (κ2) is 18.4. The summed E-state index contributed by atoms with van der Waals surface area (Å²) in [5.74, 6) is 0. The molecule has 2 heterocycles. The maximum absolute atomic E-state index is 2.47. The maximum atomic E-state index is 2.47. The Labute approximate surface area is 468 Å². The molecule has 2 aliphatic carbocycles. The van der Waals surface area contributed by atoms with Crippen molar-refractivity contribution >= 4 is 55.9 Å². The lowest BCUT2D eigenvalue weighted by Crippen LogP contribution is -2.16. The van der Waals surface area contributed by atoms with Crippen LogP contribution in [-0.4, -0.2) is 9.13 Å². The monoisotopic (exact) mass is 1030 g/mol. The molecule has 0 spiro atoms. The molecule has 80 heavy (non-hydrogen) atoms. The Morgan fingerprint density at radius 3 is 0.875 bits per heavy atom. The van der Waals surface area contributed by atoms with Crippen LogP contribution in [0, 0.1) is 0 Å². The molecule has 382 valence electrons. The Kier molecular flexibility index (Phi) is 10.9. The van der Waals surface area contributed by atoms with Gasteiger partial charge < -0.3 is 18.9 Å². The molecule has 2 aromatic heterocycles. The first-order chi connectivity index (χ1) is 39.2. The topological polar surface area (TPSA) is 16.3 Å². The molecule has 0 atom stereocenters. The Balaban J connectivity index is 0.838. The van der Waals surface area contributed by atoms with E-state index in [4.69, 9.17) is 0 Å². The van der Waals surface area contributed by atoms with Crippen molar-refractivity contribution in [2.24, 2.45) is 0 Å². The number of benzene rings is 11. The van der Waals surface area contributed by atoms with Crippen LogP contribution in [0.15, 0.2) is 279 Å². The van der Waals surface area contributed by atoms with Crippen LogP contribution in [0.1, 0.15) is 49.9 Å². The van der Waals surface area contributed by atoms with Crippen molar-refractivity contribution in [2.45, 2.75) is 38.5 Å². The van der Waals surface area contributed by atoms with E-state index in [0.29, 0.717) is 0 Å². The minimum absolute atomic E-state index is 0.248. The SMILES string of the molecule is CC1(C)c2cc(-c3cc4cc5c(cc(-c6ccc7c(c6)C(C)(C)c6cc(N(c8ccccc8)c8ccccc8)ccc6-7)n5-c5ccccc5)cc4n3-c3ccccc3)ccc2-c2ccc(N(c3ccccc3)c3ccccc3)cc21. The fraction of sp³-hybridized carbons (Fsp3) is 0.0789. The van der Waals surface area contributed by atoms with Crippen molar-refractivity contribution in [1.29, 1.82) is 0 Å². The van der Waals surface area contributed by atoms with Crippen LogP contribution in [0.25, 0.3) is 77.9 Å². The quantitative estimate of drug-likeness (QED) is 0.136. The Bertz CT molecular complexity index is 4130. The molecule has 0 fully saturated rings. The standard InChI is InChI=1S/C76H58N4/c1-75(2)67-43-51(35-39-63(67)65-41-37-61(49-69(65)75)77(55-23-11-5-12-24-55)56-25-13-6-14-26-56)71-45-53-47-74-54(48-73(53)79(71)59-31-19-9-20-32-59)46-72(80(74)60-33-21-10-22-34-60)52-36-40-64-66-42-38-62(50-70(66)76(3,4)68(64)44-52)78(57-27-15-7-16-28-57)58-29-17-8-18-30-58/h5-50H,1-4H3. The highest BCUT2D eigenvalue weighted by Crippen LogP contribution is 2.54. The van der Waals surface area contributed by atoms with Gasteiger partial charge in [-0.3, -0.25) is 0 Å². The second-order valence-electron chi connectivity index (χ2n) is 22.6. The minimum atomic E-state index is -0.248. The molecule has 4 heteroatoms. The number of para-hydroxylation sites is 6. The van der Waals surface area contributed by atoms with Gasteiger partial charge in [-0.1, -0.05) is 173 Å². The molecule has 4 nitrogen and oxygen atoms in total. The third kappa shape index (κ3) is 7.51. The predicted octanol–water partition coefficient (Wildman–Crippen LogP) is 20.5. The van der Waals surface area contributed by atoms with Crippen LogP contribution in [0.4, 0.5) is 34.1 Å². The van der Waals surface area contributed by atoms with E-state index in [2.05, 4.69) is 326 Å². The molecule has 0 amide bonds. The molecular weight excluding hydrogens is 969 g/mol. The van der Waals surface area contributed by atoms with E-state index in [-0.39, 0.29) is 10.8 Å². The van der Waals surface area contributed by atoms with Crippen LogP contribution in [0.2, 0.25) is 0 Å². The second-order valence-corrected chi connectivity index (χ2v) is 22.6. The normalized spacial score (nSPS) is 13.4. The van der Waals surface area contributed by atoms with Crippen molar-refractivity contribution in [3.8, 4) is 56.1 Å². The highest BCUT2D eigenvalue weighted by molar-refractivity contribution is 6.03. The Hall–Kier alpha value is -9.90. The zero-order chi connectivity index (χ0) is 53.7. The fourth-order valence-corrected chi connectivity index (χ4v) is 13.3. The minimum Gasteiger partial charge on any atom is -0.310 e. The van der Waals surface area contributed by atoms with E-state index in [1.54, 1.807) is 0 Å². The molecule has 2 aliphatic rings. The fourth-order valence-electron chi connectivity index (χ4n) is 13.3. The summed E-state index contributed by atoms with van der Waals surface area (Å²) in [5, 5.41) is 2.38. The van der Waals surface area contributed by atoms with Crippen LogP contribution >= 0.6 is 0 Å². The molecule has 0 aliphatic heterocycles. The van der Waals surface area contributed by atoms with Gasteiger partial charge in [-0.2, -0.15) is 0 Å². The zero-order valence-corrected chi connectivity index (χ0v) is 45.3. The molecule has 0 saturated heterocycles. The summed E-state index contributed by atoms with van der Waals surface area (Å²) in [6, 6.07) is 103. The van der Waals surface area contributed by atoms with Crippen LogP contribution in [0.5, 0.6) is 0 Å². The first-order valence-electron chi connectivity index (χ1n) is 27.9. The summed E-state index contributed by atoms with van der Waals surface area (Å²) in [6.07, 6.45) is 0. The number of nitrogens with zero attached hydrogens (tertiary/aromatic N) is 4. The van der Waals surface area contributed by atoms with Gasteiger partial charge in [-0.15, -0.1) is 0 Å². The highest BCUT2D eigenvalue weighted by atomic mass is 15.1. The van der Waals surface area contributed by atoms with Gasteiger partial charge in [0.2, 0.25) is 0 Å². The third-order valence-electron chi connectivity index (χ3n) is 17.2. The van der Waals surface area contributed by atoms with Gasteiger partial charge in [-0.25, -0.2) is 0 Å². The summed E-state index contributed by atoms with van der Waals surface area (Å²) < 4.78 is 4.95. The van der Waals surface area contributed by atoms with Gasteiger partial charge in [0.25, 0.3) is 0 Å². The smallest absolute Gasteiger partial charge is 0.0542 e. The lowest BCUT2D eigenvalue weighted by Gasteiger charge is -2.28. The van der Waals surface area contributed by atoms with E-state index >= 15 is 0 Å². The van der Waals surface area contributed by atoms with Gasteiger partial charge in [0.05, 0.1) is 22.4 Å². The highest BCUT2D eigenvalue weighted by Gasteiger charge is 2.38. The van der Waals surface area contributed by atoms with E-state index in [9.17, 15) is 0 Å². The van der Waals surface area contributed by atoms with Crippen molar-refractivity contribution in [1.82, 2.24) is 9.13 Å². The van der Waals surface area contributed by atoms with Gasteiger partial charge in [-0.05, 0) is 189 Å². The number of anilines is 6. The molecular formula is C76H58N4. The molecule has 15 rings (SSSR count). The third-order valence-corrected chi connectivity index (χ3v) is 17.2. The summed E-state index contributed by atoms with van der Waals surface area (Å²) in [4.78, 5) is 4.73. The molecule has 0 N–H and O–H groups in total. The van der Waals surface area contributed by atoms with Gasteiger partial charge in [0, 0.05) is 67.1 Å². The van der Waals surface area contributed by atoms with Crippen molar-refractivity contribution < 1.29 is 0 Å². The molecule has 0 bridgehead atoms. The lowest BCUT2D eigenvalue weighted by molar-refractivity contribution is 0.660. The number of hydrogen-bond acceptors (Lipinski definition) is 2. The van der Waals surface area contributed by atoms with Crippen molar-refractivity contribution in [3.63, 3.8) is 0 Å². The number of aromatic nitrogens is 2. The first-order valence-corrected chi connectivity index (χ1v) is 27.9. The molecule has 0 saturated carbocycles. The molecule has 0 radical (unpaired) electrons. The summed E-state index contributed by atoms with van der Waals surface area (Å²) in [5.41, 5.74) is 26.2. The Morgan fingerprint density at radius 1 is 0.263 bits per heavy atom. The molecule has 11 aromatic carbocycles. The van der Waals surface area contributed by atoms with Crippen molar-refractivity contribution in [2.75, 3.05) is 9.80 Å². The van der Waals surface area contributed by atoms with Crippen LogP contribution in [-0.2, 0) is 10.8 Å². The van der Waals surface area contributed by atoms with Gasteiger partial charge >= 0.3 is 0 Å². The summed E-state index contributed by atoms with van der Waals surface area (Å²) in [6.45, 7) is 9.57. The Morgan fingerprint density at radius 2 is 0.550 bits per heavy atom. The van der Waals surface area contributed by atoms with E-state index < -0.39 is 0 Å². The largest absolute Gasteiger partial charge is 0.310 e. The zero-order valence-electron chi connectivity index (χ0n) is 45.3. The maximum Gasteiger partial charge on any atom is 0.0542 e. The van der Waals surface area contributed by atoms with Crippen LogP contribution < -0.4 is 9.80 Å². The lowest BCUT2D eigenvalue weighted by atomic mass is 9.81. The summed E-state index contributed by atoms with van der Waals surface area (Å²) >= 11 is 0. The number of fused-ring (bicyclic) bond motifs is 8. The van der Waals surface area contributed by atoms with Crippen molar-refractivity contribution in [3.05, 3.63) is 301 Å². The molecule has 13 aromatic rings. The average molecular weight is 1030 g/mol. The summed E-state index contributed by atoms with van der Waals surface area (Å²) in [7, 11) is 0.